The SMILES string of the molecule is C=C(OC(C)(C)C)C1CC(C)(C)NC1(C)C.CC(C)(C)CC1(C)NC(C)(C)CC1C#N.CC(C)(C)CC1(C)NC(C)(C)CC1N.CC(C)(C)CC1(C)NC(C)(C)CC1O.CC(C)(C)Nc1cc(C(C)(C)C)cc(C(C)(C)C)c1.CC1(C)CC(N=Cc2ccccc2)CC(C)(C)C1. The molecular formula is C86H158N8O2. The van der Waals surface area contributed by atoms with Gasteiger partial charge in [-0.3, -0.25) is 4.99 Å². The second kappa shape index (κ2) is 31.1. The number of benzene rings is 2. The predicted octanol–water partition coefficient (Wildman–Crippen LogP) is 21.4. The second-order valence-electron chi connectivity index (χ2n) is 44.0. The minimum Gasteiger partial charge on any atom is -0.493 e. The summed E-state index contributed by atoms with van der Waals surface area (Å²) in [4.78, 5) is 4.82. The van der Waals surface area contributed by atoms with Crippen LogP contribution in [0.1, 0.15) is 344 Å². The maximum absolute atomic E-state index is 10.1. The van der Waals surface area contributed by atoms with Crippen molar-refractivity contribution in [3.8, 4) is 6.07 Å². The Balaban J connectivity index is 0.000000393. The minimum atomic E-state index is -0.225. The van der Waals surface area contributed by atoms with E-state index < -0.39 is 0 Å². The molecule has 10 nitrogen and oxygen atoms in total. The lowest BCUT2D eigenvalue weighted by molar-refractivity contribution is 0.0279. The molecule has 5 fully saturated rings. The van der Waals surface area contributed by atoms with E-state index in [1.54, 1.807) is 0 Å². The maximum atomic E-state index is 10.1. The first-order valence-electron chi connectivity index (χ1n) is 37.2. The van der Waals surface area contributed by atoms with E-state index in [1.807, 2.05) is 12.3 Å². The van der Waals surface area contributed by atoms with Crippen LogP contribution < -0.4 is 32.3 Å². The Kier molecular flexibility index (Phi) is 28.8. The average molecular weight is 1340 g/mol. The van der Waals surface area contributed by atoms with E-state index in [2.05, 4.69) is 345 Å². The lowest BCUT2D eigenvalue weighted by Crippen LogP contribution is -2.53. The van der Waals surface area contributed by atoms with Crippen molar-refractivity contribution in [3.63, 3.8) is 0 Å². The van der Waals surface area contributed by atoms with Crippen LogP contribution in [0.3, 0.4) is 0 Å². The number of ether oxygens (including phenoxy) is 1. The summed E-state index contributed by atoms with van der Waals surface area (Å²) in [5.41, 5.74) is 14.0. The summed E-state index contributed by atoms with van der Waals surface area (Å²) in [7, 11) is 0. The highest BCUT2D eigenvalue weighted by atomic mass is 16.5. The van der Waals surface area contributed by atoms with E-state index >= 15 is 0 Å². The molecule has 4 aliphatic heterocycles. The second-order valence-corrected chi connectivity index (χ2v) is 44.0. The average Bonchev–Trinajstić information content (AvgIpc) is 1.14. The number of hydrogen-bond acceptors (Lipinski definition) is 10. The molecule has 0 spiro atoms. The third-order valence-electron chi connectivity index (χ3n) is 19.2. The zero-order valence-electron chi connectivity index (χ0n) is 70.2. The maximum Gasteiger partial charge on any atom is 0.100 e. The van der Waals surface area contributed by atoms with Crippen molar-refractivity contribution in [2.24, 2.45) is 49.6 Å². The summed E-state index contributed by atoms with van der Waals surface area (Å²) in [6.45, 7) is 88.9. The first-order chi connectivity index (χ1) is 42.2. The fraction of sp³-hybridized carbons (Fsp3) is 0.814. The highest BCUT2D eigenvalue weighted by Crippen LogP contribution is 2.48. The van der Waals surface area contributed by atoms with Crippen molar-refractivity contribution in [1.29, 1.82) is 5.26 Å². The van der Waals surface area contributed by atoms with E-state index in [0.29, 0.717) is 28.2 Å². The zero-order chi connectivity index (χ0) is 75.4. The van der Waals surface area contributed by atoms with Crippen molar-refractivity contribution in [2.75, 3.05) is 5.32 Å². The van der Waals surface area contributed by atoms with Gasteiger partial charge in [0.2, 0.25) is 0 Å². The van der Waals surface area contributed by atoms with Gasteiger partial charge in [0.25, 0.3) is 0 Å². The van der Waals surface area contributed by atoms with Gasteiger partial charge in [-0.05, 0) is 262 Å². The fourth-order valence-electron chi connectivity index (χ4n) is 17.3. The number of nitriles is 1. The van der Waals surface area contributed by atoms with Crippen molar-refractivity contribution in [1.82, 2.24) is 21.3 Å². The number of anilines is 1. The number of hydrogen-bond donors (Lipinski definition) is 7. The van der Waals surface area contributed by atoms with Crippen molar-refractivity contribution in [2.45, 2.75) is 412 Å². The van der Waals surface area contributed by atoms with Crippen LogP contribution in [-0.2, 0) is 15.6 Å². The third-order valence-corrected chi connectivity index (χ3v) is 19.2. The van der Waals surface area contributed by atoms with Crippen molar-refractivity contribution in [3.05, 3.63) is 77.6 Å². The molecule has 4 saturated heterocycles. The number of rotatable bonds is 8. The van der Waals surface area contributed by atoms with Crippen LogP contribution in [0, 0.1) is 50.2 Å². The van der Waals surface area contributed by atoms with Crippen LogP contribution in [0.15, 0.2) is 65.9 Å². The highest BCUT2D eigenvalue weighted by molar-refractivity contribution is 5.79. The minimum absolute atomic E-state index is 0.0312. The normalized spacial score (nSPS) is 28.1. The van der Waals surface area contributed by atoms with Gasteiger partial charge in [-0.1, -0.05) is 175 Å². The largest absolute Gasteiger partial charge is 0.493 e. The predicted molar refractivity (Wildman–Crippen MR) is 422 cm³/mol. The van der Waals surface area contributed by atoms with Crippen LogP contribution in [0.2, 0.25) is 0 Å². The topological polar surface area (TPSA) is 152 Å². The Hall–Kier alpha value is -3.30. The Morgan fingerprint density at radius 1 is 0.562 bits per heavy atom. The van der Waals surface area contributed by atoms with Gasteiger partial charge >= 0.3 is 0 Å². The summed E-state index contributed by atoms with van der Waals surface area (Å²) in [6, 6.07) is 20.6. The fourth-order valence-corrected chi connectivity index (χ4v) is 17.3. The molecule has 0 radical (unpaired) electrons. The molecular weight excluding hydrogens is 1180 g/mol. The van der Waals surface area contributed by atoms with Gasteiger partial charge < -0.3 is 42.2 Å². The molecule has 7 atom stereocenters. The summed E-state index contributed by atoms with van der Waals surface area (Å²) in [5, 5.41) is 37.5. The molecule has 7 rings (SSSR count). The van der Waals surface area contributed by atoms with Gasteiger partial charge in [0.1, 0.15) is 5.60 Å². The molecule has 2 aromatic rings. The lowest BCUT2D eigenvalue weighted by atomic mass is 9.64. The molecule has 7 unspecified atom stereocenters. The Morgan fingerprint density at radius 2 is 0.958 bits per heavy atom. The first kappa shape index (κ1) is 88.8. The van der Waals surface area contributed by atoms with Crippen LogP contribution in [-0.4, -0.2) is 85.0 Å². The van der Waals surface area contributed by atoms with Gasteiger partial charge in [0.05, 0.1) is 29.9 Å². The molecule has 554 valence electrons. The summed E-state index contributed by atoms with van der Waals surface area (Å²) in [5.74, 6) is 1.42. The van der Waals surface area contributed by atoms with Crippen LogP contribution in [0.25, 0.3) is 0 Å². The highest BCUT2D eigenvalue weighted by Gasteiger charge is 2.51. The Morgan fingerprint density at radius 3 is 1.31 bits per heavy atom. The zero-order valence-corrected chi connectivity index (χ0v) is 70.2. The summed E-state index contributed by atoms with van der Waals surface area (Å²) < 4.78 is 5.92. The van der Waals surface area contributed by atoms with E-state index in [4.69, 9.17) is 15.5 Å². The molecule has 8 N–H and O–H groups in total. The van der Waals surface area contributed by atoms with Gasteiger partial charge in [-0.15, -0.1) is 0 Å². The summed E-state index contributed by atoms with van der Waals surface area (Å²) >= 11 is 0. The smallest absolute Gasteiger partial charge is 0.100 e. The van der Waals surface area contributed by atoms with Gasteiger partial charge in [-0.25, -0.2) is 0 Å². The molecule has 1 saturated carbocycles. The summed E-state index contributed by atoms with van der Waals surface area (Å²) in [6.07, 6.45) is 12.7. The van der Waals surface area contributed by atoms with Crippen molar-refractivity contribution >= 4 is 11.9 Å². The molecule has 2 aromatic carbocycles. The molecule has 0 aromatic heterocycles. The van der Waals surface area contributed by atoms with Crippen molar-refractivity contribution < 1.29 is 9.84 Å². The molecule has 0 amide bonds. The van der Waals surface area contributed by atoms with Gasteiger partial charge in [-0.2, -0.15) is 5.26 Å². The van der Waals surface area contributed by atoms with Crippen LogP contribution in [0.5, 0.6) is 0 Å². The Labute approximate surface area is 595 Å². The van der Waals surface area contributed by atoms with E-state index in [-0.39, 0.29) is 95.2 Å². The van der Waals surface area contributed by atoms with E-state index in [9.17, 15) is 10.4 Å². The molecule has 1 aliphatic carbocycles. The number of nitrogens with one attached hydrogen (secondary N) is 5. The van der Waals surface area contributed by atoms with Crippen LogP contribution >= 0.6 is 0 Å². The third kappa shape index (κ3) is 31.7. The number of aliphatic hydroxyl groups is 1. The number of aliphatic imine (C=N–C) groups is 1. The number of nitrogens with two attached hydrogens (primary N) is 1. The monoisotopic (exact) mass is 1340 g/mol. The molecule has 96 heavy (non-hydrogen) atoms. The van der Waals surface area contributed by atoms with Gasteiger partial charge in [0.15, 0.2) is 0 Å². The molecule has 4 heterocycles. The number of aliphatic hydroxyl groups excluding tert-OH is 1. The lowest BCUT2D eigenvalue weighted by Gasteiger charge is -2.43. The van der Waals surface area contributed by atoms with E-state index in [0.717, 1.165) is 50.7 Å². The quantitative estimate of drug-likeness (QED) is 0.101. The van der Waals surface area contributed by atoms with E-state index in [1.165, 1.54) is 41.6 Å². The molecule has 10 heteroatoms. The van der Waals surface area contributed by atoms with Crippen LogP contribution in [0.4, 0.5) is 5.69 Å². The first-order valence-corrected chi connectivity index (χ1v) is 37.2. The number of nitrogens with zero attached hydrogens (tertiary/aromatic N) is 2. The standard InChI is InChI=1S/C18H31N.C17H25N.C14H27NO.C13H24N2.C12H26N2.C12H25NO/c1-16(2,3)13-10-14(17(4,5)6)12-15(11-13)19-18(7,8)9;1-16(2)10-15(11-17(3,4)13-16)18-12-14-8-6-5-7-9-14;1-10(16-12(2,3)4)11-9-13(5,6)15-14(11,7)8;1-11(2,3)9-13(6)10(8-14)7-12(4,5)15-13;1-10(2,3)8-12(6)9(13)7-11(4,5)14-12;1-10(2,3)8-12(6)9(14)7-11(4,5)13-12/h10-12,19H,1-9H3;5-9,12,15H,10-11,13H2,1-4H3;11,15H,1,9H2,2-8H3;10,15H,7,9H2,1-6H3;9,14H,7-8,13H2,1-6H3;9,13-14H,7-8H2,1-6H3. The molecule has 0 bridgehead atoms. The Bertz CT molecular complexity index is 2740. The molecule has 5 aliphatic rings. The van der Waals surface area contributed by atoms with Gasteiger partial charge in [0, 0.05) is 73.7 Å².